The van der Waals surface area contributed by atoms with E-state index < -0.39 is 0 Å². The minimum atomic E-state index is -0.112. The number of hydrogen-bond acceptors (Lipinski definition) is 1. The van der Waals surface area contributed by atoms with E-state index in [9.17, 15) is 0 Å². The standard InChI is InChI=1S/C17H27BO/c1-9-14(13(3)4)11-15(10-2)18-12-16(5,6)17(7,8)19-18/h9-11H,1-2,12H2,3-8H3/b15-11+. The molecule has 2 heteroatoms. The van der Waals surface area contributed by atoms with Crippen LogP contribution in [0.5, 0.6) is 0 Å². The predicted octanol–water partition coefficient (Wildman–Crippen LogP) is 4.99. The van der Waals surface area contributed by atoms with E-state index in [0.717, 1.165) is 17.4 Å². The third-order valence-electron chi connectivity index (χ3n) is 4.49. The third-order valence-corrected chi connectivity index (χ3v) is 4.49. The van der Waals surface area contributed by atoms with Crippen LogP contribution in [-0.2, 0) is 4.65 Å². The van der Waals surface area contributed by atoms with Gasteiger partial charge >= 0.3 is 6.92 Å². The fraction of sp³-hybridized carbons (Fsp3) is 0.529. The zero-order chi connectivity index (χ0) is 14.8. The average Bonchev–Trinajstić information content (AvgIpc) is 2.49. The zero-order valence-corrected chi connectivity index (χ0v) is 13.3. The molecular formula is C17H27BO. The van der Waals surface area contributed by atoms with E-state index in [-0.39, 0.29) is 17.9 Å². The van der Waals surface area contributed by atoms with Gasteiger partial charge in [-0.1, -0.05) is 50.8 Å². The second kappa shape index (κ2) is 5.54. The van der Waals surface area contributed by atoms with Gasteiger partial charge in [-0.15, -0.1) is 0 Å². The molecular weight excluding hydrogens is 231 g/mol. The molecule has 0 aromatic carbocycles. The molecule has 0 aromatic rings. The third kappa shape index (κ3) is 3.30. The largest absolute Gasteiger partial charge is 0.426 e. The molecule has 0 saturated carbocycles. The topological polar surface area (TPSA) is 9.23 Å². The Morgan fingerprint density at radius 2 is 1.68 bits per heavy atom. The molecule has 1 heterocycles. The predicted molar refractivity (Wildman–Crippen MR) is 86.4 cm³/mol. The Labute approximate surface area is 119 Å². The molecule has 104 valence electrons. The van der Waals surface area contributed by atoms with Crippen LogP contribution in [0.25, 0.3) is 0 Å². The van der Waals surface area contributed by atoms with Crippen LogP contribution in [0.2, 0.25) is 6.32 Å². The summed E-state index contributed by atoms with van der Waals surface area (Å²) in [6.07, 6.45) is 6.97. The minimum absolute atomic E-state index is 0.112. The monoisotopic (exact) mass is 258 g/mol. The van der Waals surface area contributed by atoms with Crippen molar-refractivity contribution in [1.82, 2.24) is 0 Å². The molecule has 1 aliphatic rings. The molecule has 0 unspecified atom stereocenters. The van der Waals surface area contributed by atoms with E-state index in [0.29, 0.717) is 0 Å². The number of allylic oxidation sites excluding steroid dienone is 6. The summed E-state index contributed by atoms with van der Waals surface area (Å²) in [7, 11) is 0. The van der Waals surface area contributed by atoms with E-state index >= 15 is 0 Å². The highest BCUT2D eigenvalue weighted by Gasteiger charge is 2.49. The van der Waals surface area contributed by atoms with E-state index in [1.807, 2.05) is 12.2 Å². The van der Waals surface area contributed by atoms with Crippen LogP contribution >= 0.6 is 0 Å². The Balaban J connectivity index is 3.09. The first-order valence-electron chi connectivity index (χ1n) is 6.96. The molecule has 0 N–H and O–H groups in total. The first-order valence-corrected chi connectivity index (χ1v) is 6.96. The lowest BCUT2D eigenvalue weighted by Crippen LogP contribution is -2.34. The van der Waals surface area contributed by atoms with Gasteiger partial charge in [0.05, 0.1) is 5.60 Å². The Hall–Kier alpha value is -1.02. The summed E-state index contributed by atoms with van der Waals surface area (Å²) in [6, 6.07) is 0. The second-order valence-corrected chi connectivity index (χ2v) is 6.71. The number of rotatable bonds is 4. The summed E-state index contributed by atoms with van der Waals surface area (Å²) in [5, 5.41) is 0. The van der Waals surface area contributed by atoms with Crippen LogP contribution in [-0.4, -0.2) is 12.5 Å². The molecule has 1 nitrogen and oxygen atoms in total. The van der Waals surface area contributed by atoms with Gasteiger partial charge < -0.3 is 4.65 Å². The highest BCUT2D eigenvalue weighted by atomic mass is 16.5. The van der Waals surface area contributed by atoms with E-state index in [4.69, 9.17) is 4.65 Å². The molecule has 1 rings (SSSR count). The van der Waals surface area contributed by atoms with E-state index in [2.05, 4.69) is 60.8 Å². The molecule has 0 amide bonds. The van der Waals surface area contributed by atoms with Gasteiger partial charge in [-0.05, 0) is 50.5 Å². The molecule has 19 heavy (non-hydrogen) atoms. The first kappa shape index (κ1) is 16.0. The van der Waals surface area contributed by atoms with Gasteiger partial charge in [0.25, 0.3) is 0 Å². The van der Waals surface area contributed by atoms with Crippen molar-refractivity contribution in [2.75, 3.05) is 0 Å². The van der Waals surface area contributed by atoms with Crippen LogP contribution in [0.1, 0.15) is 41.5 Å². The van der Waals surface area contributed by atoms with Crippen molar-refractivity contribution in [2.45, 2.75) is 53.5 Å². The van der Waals surface area contributed by atoms with Crippen molar-refractivity contribution >= 4 is 6.92 Å². The summed E-state index contributed by atoms with van der Waals surface area (Å²) in [5.74, 6) is 0. The van der Waals surface area contributed by atoms with Gasteiger partial charge in [-0.2, -0.15) is 0 Å². The molecule has 0 aromatic heterocycles. The van der Waals surface area contributed by atoms with Crippen LogP contribution in [0.15, 0.2) is 48.0 Å². The number of hydrogen-bond donors (Lipinski definition) is 0. The first-order chi connectivity index (χ1) is 8.64. The summed E-state index contributed by atoms with van der Waals surface area (Å²) in [4.78, 5) is 0. The van der Waals surface area contributed by atoms with Crippen molar-refractivity contribution < 1.29 is 4.65 Å². The molecule has 1 fully saturated rings. The maximum absolute atomic E-state index is 6.25. The van der Waals surface area contributed by atoms with Crippen LogP contribution < -0.4 is 0 Å². The van der Waals surface area contributed by atoms with E-state index in [1.54, 1.807) is 0 Å². The van der Waals surface area contributed by atoms with Gasteiger partial charge in [-0.25, -0.2) is 0 Å². The van der Waals surface area contributed by atoms with Gasteiger partial charge in [0.1, 0.15) is 0 Å². The molecule has 1 saturated heterocycles. The zero-order valence-electron chi connectivity index (χ0n) is 13.3. The highest BCUT2D eigenvalue weighted by molar-refractivity contribution is 6.62. The molecule has 0 aliphatic carbocycles. The Morgan fingerprint density at radius 1 is 1.11 bits per heavy atom. The minimum Gasteiger partial charge on any atom is -0.426 e. The van der Waals surface area contributed by atoms with Crippen LogP contribution in [0.3, 0.4) is 0 Å². The highest BCUT2D eigenvalue weighted by Crippen LogP contribution is 2.46. The molecule has 0 spiro atoms. The lowest BCUT2D eigenvalue weighted by atomic mass is 9.53. The lowest BCUT2D eigenvalue weighted by molar-refractivity contribution is 0.0371. The Morgan fingerprint density at radius 3 is 2.00 bits per heavy atom. The fourth-order valence-corrected chi connectivity index (χ4v) is 2.32. The summed E-state index contributed by atoms with van der Waals surface area (Å²) < 4.78 is 6.25. The van der Waals surface area contributed by atoms with Crippen molar-refractivity contribution in [2.24, 2.45) is 5.41 Å². The van der Waals surface area contributed by atoms with Crippen molar-refractivity contribution in [1.29, 1.82) is 0 Å². The average molecular weight is 258 g/mol. The van der Waals surface area contributed by atoms with Crippen molar-refractivity contribution in [3.05, 3.63) is 48.0 Å². The summed E-state index contributed by atoms with van der Waals surface area (Å²) in [5.41, 5.74) is 3.61. The van der Waals surface area contributed by atoms with Crippen LogP contribution in [0.4, 0.5) is 0 Å². The van der Waals surface area contributed by atoms with Crippen molar-refractivity contribution in [3.63, 3.8) is 0 Å². The SMILES string of the molecule is C=CC(/C=C(\C=C)B1CC(C)(C)C(C)(C)O1)=C(C)C. The van der Waals surface area contributed by atoms with Crippen molar-refractivity contribution in [3.8, 4) is 0 Å². The maximum Gasteiger partial charge on any atom is 0.327 e. The molecule has 0 bridgehead atoms. The summed E-state index contributed by atoms with van der Waals surface area (Å²) in [6.45, 7) is 21.0. The lowest BCUT2D eigenvalue weighted by Gasteiger charge is -2.34. The smallest absolute Gasteiger partial charge is 0.327 e. The fourth-order valence-electron chi connectivity index (χ4n) is 2.32. The Kier molecular flexibility index (Phi) is 4.68. The van der Waals surface area contributed by atoms with E-state index in [1.165, 1.54) is 5.57 Å². The second-order valence-electron chi connectivity index (χ2n) is 6.71. The maximum atomic E-state index is 6.25. The van der Waals surface area contributed by atoms with Gasteiger partial charge in [0.2, 0.25) is 0 Å². The molecule has 1 aliphatic heterocycles. The summed E-state index contributed by atoms with van der Waals surface area (Å²) >= 11 is 0. The molecule has 0 radical (unpaired) electrons. The Bertz CT molecular complexity index is 418. The quantitative estimate of drug-likeness (QED) is 0.510. The van der Waals surface area contributed by atoms with Gasteiger partial charge in [0, 0.05) is 0 Å². The van der Waals surface area contributed by atoms with Crippen LogP contribution in [0, 0.1) is 5.41 Å². The van der Waals surface area contributed by atoms with Gasteiger partial charge in [0.15, 0.2) is 0 Å². The van der Waals surface area contributed by atoms with Gasteiger partial charge in [-0.3, -0.25) is 0 Å². The molecule has 0 atom stereocenters. The normalized spacial score (nSPS) is 21.2.